The number of nitrogens with one attached hydrogen (secondary N) is 2. The molecule has 0 unspecified atom stereocenters. The lowest BCUT2D eigenvalue weighted by Gasteiger charge is -2.13. The Morgan fingerprint density at radius 1 is 1.10 bits per heavy atom. The highest BCUT2D eigenvalue weighted by molar-refractivity contribution is 7.89. The zero-order valence-corrected chi connectivity index (χ0v) is 17.4. The third-order valence-electron chi connectivity index (χ3n) is 4.42. The molecule has 0 bridgehead atoms. The number of ether oxygens (including phenoxy) is 1. The van der Waals surface area contributed by atoms with E-state index in [4.69, 9.17) is 9.88 Å². The van der Waals surface area contributed by atoms with E-state index in [2.05, 4.69) is 16.0 Å². The topological polar surface area (TPSA) is 162 Å². The Bertz CT molecular complexity index is 1350. The first kappa shape index (κ1) is 21.9. The number of primary sulfonamides is 1. The van der Waals surface area contributed by atoms with E-state index in [1.807, 2.05) is 0 Å². The number of benzene rings is 2. The number of rotatable bonds is 5. The number of methoxy groups -OCH3 is 1. The Labute approximate surface area is 176 Å². The highest BCUT2D eigenvalue weighted by atomic mass is 32.2. The number of carbonyl (C=O) groups is 2. The van der Waals surface area contributed by atoms with Crippen molar-refractivity contribution in [3.8, 4) is 5.75 Å². The zero-order chi connectivity index (χ0) is 22.8. The van der Waals surface area contributed by atoms with E-state index in [0.717, 1.165) is 10.7 Å². The number of nitrogens with zero attached hydrogens (tertiary/aromatic N) is 2. The molecule has 31 heavy (non-hydrogen) atoms. The number of aryl methyl sites for hydroxylation is 1. The summed E-state index contributed by atoms with van der Waals surface area (Å²) in [5.74, 6) is -1.54. The molecule has 0 aliphatic rings. The number of hydrogen-bond donors (Lipinski definition) is 3. The molecule has 162 valence electrons. The van der Waals surface area contributed by atoms with Crippen molar-refractivity contribution in [3.63, 3.8) is 0 Å². The van der Waals surface area contributed by atoms with E-state index < -0.39 is 21.8 Å². The molecule has 12 heteroatoms. The highest BCUT2D eigenvalue weighted by Crippen LogP contribution is 2.21. The van der Waals surface area contributed by atoms with Gasteiger partial charge >= 0.3 is 0 Å². The number of hydrogen-bond acceptors (Lipinski definition) is 7. The maximum Gasteiger partial charge on any atom is 0.290 e. The standard InChI is InChI=1S/C19H19N5O6S/c1-3-24-19(27)13-7-5-4-6-12(13)16(23-24)18(26)22-21-17(25)14-10-11(31(20,28)29)8-9-15(14)30-2/h4-10H,3H2,1-2H3,(H,21,25)(H,22,26)(H2,20,28,29). The summed E-state index contributed by atoms with van der Waals surface area (Å²) in [7, 11) is -2.76. The summed E-state index contributed by atoms with van der Waals surface area (Å²) < 4.78 is 29.3. The first-order valence-electron chi connectivity index (χ1n) is 8.98. The predicted octanol–water partition coefficient (Wildman–Crippen LogP) is 0.147. The van der Waals surface area contributed by atoms with E-state index >= 15 is 0 Å². The summed E-state index contributed by atoms with van der Waals surface area (Å²) in [6.45, 7) is 1.95. The average Bonchev–Trinajstić information content (AvgIpc) is 2.76. The minimum Gasteiger partial charge on any atom is -0.496 e. The van der Waals surface area contributed by atoms with Crippen LogP contribution in [0.25, 0.3) is 10.8 Å². The number of hydrazine groups is 1. The number of nitrogens with two attached hydrogens (primary N) is 1. The summed E-state index contributed by atoms with van der Waals surface area (Å²) in [6, 6.07) is 9.94. The minimum atomic E-state index is -4.06. The molecule has 0 saturated carbocycles. The molecular formula is C19H19N5O6S. The summed E-state index contributed by atoms with van der Waals surface area (Å²) in [5.41, 5.74) is 3.83. The lowest BCUT2D eigenvalue weighted by Crippen LogP contribution is -2.43. The normalized spacial score (nSPS) is 11.2. The smallest absolute Gasteiger partial charge is 0.290 e. The predicted molar refractivity (Wildman–Crippen MR) is 111 cm³/mol. The molecule has 0 aliphatic heterocycles. The fourth-order valence-corrected chi connectivity index (χ4v) is 3.44. The van der Waals surface area contributed by atoms with Gasteiger partial charge in [-0.15, -0.1) is 0 Å². The van der Waals surface area contributed by atoms with Crippen molar-refractivity contribution < 1.29 is 22.7 Å². The molecule has 4 N–H and O–H groups in total. The first-order valence-corrected chi connectivity index (χ1v) is 10.5. The van der Waals surface area contributed by atoms with Crippen molar-refractivity contribution in [2.45, 2.75) is 18.4 Å². The van der Waals surface area contributed by atoms with Crippen molar-refractivity contribution >= 4 is 32.6 Å². The monoisotopic (exact) mass is 445 g/mol. The minimum absolute atomic E-state index is 0.0670. The van der Waals surface area contributed by atoms with Crippen molar-refractivity contribution in [1.82, 2.24) is 20.6 Å². The van der Waals surface area contributed by atoms with Gasteiger partial charge in [0.05, 0.1) is 23.0 Å². The van der Waals surface area contributed by atoms with E-state index in [1.165, 1.54) is 19.2 Å². The SMILES string of the molecule is CCn1nc(C(=O)NNC(=O)c2cc(S(N)(=O)=O)ccc2OC)c2ccccc2c1=O. The van der Waals surface area contributed by atoms with Crippen LogP contribution in [0.2, 0.25) is 0 Å². The van der Waals surface area contributed by atoms with Gasteiger partial charge in [0, 0.05) is 11.9 Å². The van der Waals surface area contributed by atoms with Crippen molar-refractivity contribution in [3.05, 3.63) is 64.1 Å². The molecule has 0 spiro atoms. The fraction of sp³-hybridized carbons (Fsp3) is 0.158. The van der Waals surface area contributed by atoms with Gasteiger partial charge in [-0.1, -0.05) is 18.2 Å². The lowest BCUT2D eigenvalue weighted by atomic mass is 10.1. The molecular weight excluding hydrogens is 426 g/mol. The van der Waals surface area contributed by atoms with Crippen LogP contribution in [0.1, 0.15) is 27.8 Å². The Hall–Kier alpha value is -3.77. The highest BCUT2D eigenvalue weighted by Gasteiger charge is 2.20. The number of sulfonamides is 1. The second kappa shape index (κ2) is 8.53. The zero-order valence-electron chi connectivity index (χ0n) is 16.6. The van der Waals surface area contributed by atoms with Crippen LogP contribution in [-0.4, -0.2) is 37.1 Å². The largest absolute Gasteiger partial charge is 0.496 e. The maximum atomic E-state index is 12.7. The molecule has 2 amide bonds. The van der Waals surface area contributed by atoms with Crippen molar-refractivity contribution in [2.24, 2.45) is 5.14 Å². The van der Waals surface area contributed by atoms with Gasteiger partial charge in [-0.2, -0.15) is 5.10 Å². The van der Waals surface area contributed by atoms with E-state index in [1.54, 1.807) is 31.2 Å². The van der Waals surface area contributed by atoms with Crippen LogP contribution in [0.15, 0.2) is 52.2 Å². The molecule has 0 radical (unpaired) electrons. The Kier molecular flexibility index (Phi) is 6.04. The van der Waals surface area contributed by atoms with Gasteiger partial charge in [-0.3, -0.25) is 25.2 Å². The lowest BCUT2D eigenvalue weighted by molar-refractivity contribution is 0.0842. The van der Waals surface area contributed by atoms with Crippen LogP contribution in [0.4, 0.5) is 0 Å². The number of carbonyl (C=O) groups excluding carboxylic acids is 2. The number of amides is 2. The van der Waals surface area contributed by atoms with E-state index in [0.29, 0.717) is 10.8 Å². The van der Waals surface area contributed by atoms with E-state index in [9.17, 15) is 22.8 Å². The van der Waals surface area contributed by atoms with Gasteiger partial charge in [0.1, 0.15) is 5.75 Å². The maximum absolute atomic E-state index is 12.7. The van der Waals surface area contributed by atoms with Gasteiger partial charge in [0.25, 0.3) is 17.4 Å². The summed E-state index contributed by atoms with van der Waals surface area (Å²) in [4.78, 5) is 37.4. The summed E-state index contributed by atoms with van der Waals surface area (Å²) >= 11 is 0. The Balaban J connectivity index is 1.91. The van der Waals surface area contributed by atoms with Crippen LogP contribution in [-0.2, 0) is 16.6 Å². The van der Waals surface area contributed by atoms with Gasteiger partial charge in [-0.25, -0.2) is 18.2 Å². The first-order chi connectivity index (χ1) is 14.7. The molecule has 0 saturated heterocycles. The van der Waals surface area contributed by atoms with Crippen molar-refractivity contribution in [1.29, 1.82) is 0 Å². The second-order valence-corrected chi connectivity index (χ2v) is 7.89. The molecule has 0 fully saturated rings. The quantitative estimate of drug-likeness (QED) is 0.471. The summed E-state index contributed by atoms with van der Waals surface area (Å²) in [5, 5.41) is 9.79. The molecule has 0 atom stereocenters. The fourth-order valence-electron chi connectivity index (χ4n) is 2.90. The van der Waals surface area contributed by atoms with Gasteiger partial charge in [0.2, 0.25) is 10.0 Å². The average molecular weight is 445 g/mol. The van der Waals surface area contributed by atoms with Crippen molar-refractivity contribution in [2.75, 3.05) is 7.11 Å². The second-order valence-electron chi connectivity index (χ2n) is 6.33. The Morgan fingerprint density at radius 2 is 1.74 bits per heavy atom. The van der Waals surface area contributed by atoms with Gasteiger partial charge < -0.3 is 4.74 Å². The summed E-state index contributed by atoms with van der Waals surface area (Å²) in [6.07, 6.45) is 0. The molecule has 1 aromatic heterocycles. The molecule has 0 aliphatic carbocycles. The van der Waals surface area contributed by atoms with Crippen LogP contribution in [0.5, 0.6) is 5.75 Å². The number of fused-ring (bicyclic) bond motifs is 1. The van der Waals surface area contributed by atoms with Crippen LogP contribution < -0.4 is 26.3 Å². The molecule has 1 heterocycles. The van der Waals surface area contributed by atoms with Gasteiger partial charge in [-0.05, 0) is 31.2 Å². The van der Waals surface area contributed by atoms with Crippen LogP contribution in [0, 0.1) is 0 Å². The van der Waals surface area contributed by atoms with E-state index in [-0.39, 0.29) is 34.0 Å². The molecule has 2 aromatic carbocycles. The Morgan fingerprint density at radius 3 is 2.35 bits per heavy atom. The van der Waals surface area contributed by atoms with Gasteiger partial charge in [0.15, 0.2) is 5.69 Å². The molecule has 11 nitrogen and oxygen atoms in total. The molecule has 3 rings (SSSR count). The third kappa shape index (κ3) is 4.39. The third-order valence-corrected chi connectivity index (χ3v) is 5.33. The molecule has 3 aromatic rings. The van der Waals surface area contributed by atoms with Crippen LogP contribution in [0.3, 0.4) is 0 Å². The number of aromatic nitrogens is 2. The van der Waals surface area contributed by atoms with Crippen LogP contribution >= 0.6 is 0 Å².